The molecule has 11 heteroatoms. The van der Waals surface area contributed by atoms with Crippen LogP contribution >= 0.6 is 0 Å². The van der Waals surface area contributed by atoms with Crippen molar-refractivity contribution < 1.29 is 22.8 Å². The van der Waals surface area contributed by atoms with Gasteiger partial charge in [-0.3, -0.25) is 9.59 Å². The first-order valence-corrected chi connectivity index (χ1v) is 10.8. The third-order valence-electron chi connectivity index (χ3n) is 6.85. The third-order valence-corrected chi connectivity index (χ3v) is 6.85. The minimum absolute atomic E-state index is 0.178. The molecule has 4 rings (SSSR count). The van der Waals surface area contributed by atoms with Gasteiger partial charge in [-0.05, 0) is 37.1 Å². The summed E-state index contributed by atoms with van der Waals surface area (Å²) in [7, 11) is 1.54. The molecule has 0 saturated carbocycles. The Balaban J connectivity index is 1.58. The van der Waals surface area contributed by atoms with Crippen LogP contribution in [0, 0.1) is 22.7 Å². The minimum atomic E-state index is -4.66. The SMILES string of the molecule is CNC(=O)C1CN(c2ccc(C#N)c(C(F)(F)F)c2)CC12CCN(C(=O)c1ccncn1)CC2. The lowest BCUT2D eigenvalue weighted by molar-refractivity contribution is -0.137. The highest BCUT2D eigenvalue weighted by atomic mass is 19.4. The summed E-state index contributed by atoms with van der Waals surface area (Å²) in [6.45, 7) is 1.45. The Bertz CT molecular complexity index is 1120. The van der Waals surface area contributed by atoms with Crippen LogP contribution in [0.1, 0.15) is 34.5 Å². The third kappa shape index (κ3) is 4.27. The molecule has 1 atom stereocenters. The number of nitriles is 1. The molecule has 2 aromatic rings. The van der Waals surface area contributed by atoms with Gasteiger partial charge in [0.2, 0.25) is 5.91 Å². The van der Waals surface area contributed by atoms with Crippen molar-refractivity contribution in [1.29, 1.82) is 5.26 Å². The Labute approximate surface area is 194 Å². The highest BCUT2D eigenvalue weighted by Crippen LogP contribution is 2.47. The molecule has 34 heavy (non-hydrogen) atoms. The average molecular weight is 472 g/mol. The van der Waals surface area contributed by atoms with E-state index in [1.165, 1.54) is 31.7 Å². The number of nitrogens with zero attached hydrogens (tertiary/aromatic N) is 5. The lowest BCUT2D eigenvalue weighted by Gasteiger charge is -2.41. The number of nitrogens with one attached hydrogen (secondary N) is 1. The van der Waals surface area contributed by atoms with Gasteiger partial charge in [0.05, 0.1) is 23.1 Å². The Morgan fingerprint density at radius 2 is 1.97 bits per heavy atom. The van der Waals surface area contributed by atoms with Crippen LogP contribution in [0.5, 0.6) is 0 Å². The molecule has 3 heterocycles. The highest BCUT2D eigenvalue weighted by Gasteiger charge is 2.51. The summed E-state index contributed by atoms with van der Waals surface area (Å²) in [5, 5.41) is 11.8. The molecule has 8 nitrogen and oxygen atoms in total. The molecule has 178 valence electrons. The van der Waals surface area contributed by atoms with Crippen molar-refractivity contribution in [2.75, 3.05) is 38.1 Å². The number of piperidine rings is 1. The van der Waals surface area contributed by atoms with Crippen molar-refractivity contribution in [3.05, 3.63) is 53.6 Å². The number of alkyl halides is 3. The van der Waals surface area contributed by atoms with Crippen LogP contribution in [-0.4, -0.2) is 59.9 Å². The van der Waals surface area contributed by atoms with Crippen molar-refractivity contribution in [3.63, 3.8) is 0 Å². The van der Waals surface area contributed by atoms with E-state index in [9.17, 15) is 22.8 Å². The number of benzene rings is 1. The molecule has 1 spiro atoms. The predicted molar refractivity (Wildman–Crippen MR) is 116 cm³/mol. The Hall–Kier alpha value is -3.68. The van der Waals surface area contributed by atoms with Crippen LogP contribution in [0.25, 0.3) is 0 Å². The van der Waals surface area contributed by atoms with Gasteiger partial charge in [-0.1, -0.05) is 0 Å². The first-order chi connectivity index (χ1) is 16.2. The van der Waals surface area contributed by atoms with Crippen molar-refractivity contribution in [1.82, 2.24) is 20.2 Å². The fraction of sp³-hybridized carbons (Fsp3) is 0.435. The molecule has 0 aliphatic carbocycles. The zero-order chi connectivity index (χ0) is 24.5. The van der Waals surface area contributed by atoms with Gasteiger partial charge in [0.25, 0.3) is 5.91 Å². The summed E-state index contributed by atoms with van der Waals surface area (Å²) in [6, 6.07) is 6.77. The fourth-order valence-corrected chi connectivity index (χ4v) is 5.00. The van der Waals surface area contributed by atoms with Gasteiger partial charge >= 0.3 is 6.18 Å². The molecule has 2 amide bonds. The maximum atomic E-state index is 13.5. The highest BCUT2D eigenvalue weighted by molar-refractivity contribution is 5.92. The quantitative estimate of drug-likeness (QED) is 0.737. The number of aromatic nitrogens is 2. The van der Waals surface area contributed by atoms with Crippen molar-refractivity contribution in [2.24, 2.45) is 11.3 Å². The van der Waals surface area contributed by atoms with Gasteiger partial charge in [0, 0.05) is 50.5 Å². The number of anilines is 1. The normalized spacial score (nSPS) is 19.7. The van der Waals surface area contributed by atoms with Crippen LogP contribution in [0.2, 0.25) is 0 Å². The maximum absolute atomic E-state index is 13.5. The van der Waals surface area contributed by atoms with E-state index in [0.29, 0.717) is 43.9 Å². The number of carbonyl (C=O) groups is 2. The molecule has 1 aromatic heterocycles. The van der Waals surface area contributed by atoms with Crippen molar-refractivity contribution in [2.45, 2.75) is 19.0 Å². The van der Waals surface area contributed by atoms with E-state index in [-0.39, 0.29) is 18.4 Å². The molecule has 0 bridgehead atoms. The molecular weight excluding hydrogens is 449 g/mol. The summed E-state index contributed by atoms with van der Waals surface area (Å²) >= 11 is 0. The van der Waals surface area contributed by atoms with Gasteiger partial charge in [-0.25, -0.2) is 9.97 Å². The van der Waals surface area contributed by atoms with E-state index in [0.717, 1.165) is 6.07 Å². The predicted octanol–water partition coefficient (Wildman–Crippen LogP) is 2.47. The summed E-state index contributed by atoms with van der Waals surface area (Å²) in [5.41, 5.74) is -1.31. The van der Waals surface area contributed by atoms with E-state index in [2.05, 4.69) is 15.3 Å². The van der Waals surface area contributed by atoms with Gasteiger partial charge in [0.15, 0.2) is 0 Å². The lowest BCUT2D eigenvalue weighted by Crippen LogP contribution is -2.49. The molecule has 0 radical (unpaired) electrons. The van der Waals surface area contributed by atoms with E-state index in [1.807, 2.05) is 0 Å². The number of rotatable bonds is 3. The molecule has 2 aliphatic heterocycles. The van der Waals surface area contributed by atoms with Gasteiger partial charge in [-0.15, -0.1) is 0 Å². The second kappa shape index (κ2) is 8.93. The Morgan fingerprint density at radius 1 is 1.24 bits per heavy atom. The molecule has 1 unspecified atom stereocenters. The summed E-state index contributed by atoms with van der Waals surface area (Å²) in [6.07, 6.45) is -0.802. The van der Waals surface area contributed by atoms with Crippen LogP contribution in [0.15, 0.2) is 36.8 Å². The van der Waals surface area contributed by atoms with Crippen LogP contribution in [0.3, 0.4) is 0 Å². The first-order valence-electron chi connectivity index (χ1n) is 10.8. The van der Waals surface area contributed by atoms with Gasteiger partial charge in [0.1, 0.15) is 12.0 Å². The van der Waals surface area contributed by atoms with Crippen LogP contribution < -0.4 is 10.2 Å². The number of halogens is 3. The van der Waals surface area contributed by atoms with E-state index in [4.69, 9.17) is 5.26 Å². The average Bonchev–Trinajstić information content (AvgIpc) is 3.22. The summed E-state index contributed by atoms with van der Waals surface area (Å²) < 4.78 is 40.5. The van der Waals surface area contributed by atoms with Gasteiger partial charge in [-0.2, -0.15) is 18.4 Å². The molecule has 2 saturated heterocycles. The zero-order valence-corrected chi connectivity index (χ0v) is 18.5. The monoisotopic (exact) mass is 472 g/mol. The second-order valence-electron chi connectivity index (χ2n) is 8.64. The standard InChI is InChI=1S/C23H23F3N6O2/c1-28-20(33)18-12-32(16-3-2-15(11-27)17(10-16)23(24,25)26)13-22(18)5-8-31(9-6-22)21(34)19-4-7-29-14-30-19/h2-4,7,10,14,18H,5-6,8-9,12-13H2,1H3,(H,28,33). The molecule has 1 N–H and O–H groups in total. The minimum Gasteiger partial charge on any atom is -0.370 e. The van der Waals surface area contributed by atoms with E-state index < -0.39 is 28.6 Å². The molecule has 2 fully saturated rings. The molecule has 1 aromatic carbocycles. The van der Waals surface area contributed by atoms with E-state index in [1.54, 1.807) is 21.9 Å². The first kappa shape index (κ1) is 23.5. The van der Waals surface area contributed by atoms with E-state index >= 15 is 0 Å². The Morgan fingerprint density at radius 3 is 2.56 bits per heavy atom. The fourth-order valence-electron chi connectivity index (χ4n) is 5.00. The number of amides is 2. The lowest BCUT2D eigenvalue weighted by atomic mass is 9.70. The smallest absolute Gasteiger partial charge is 0.370 e. The van der Waals surface area contributed by atoms with Crippen molar-refractivity contribution >= 4 is 17.5 Å². The number of carbonyl (C=O) groups excluding carboxylic acids is 2. The largest absolute Gasteiger partial charge is 0.417 e. The second-order valence-corrected chi connectivity index (χ2v) is 8.64. The topological polar surface area (TPSA) is 102 Å². The number of hydrogen-bond donors (Lipinski definition) is 1. The number of hydrogen-bond acceptors (Lipinski definition) is 6. The summed E-state index contributed by atoms with van der Waals surface area (Å²) in [5.74, 6) is -0.841. The Kier molecular flexibility index (Phi) is 6.17. The molecular formula is C23H23F3N6O2. The summed E-state index contributed by atoms with van der Waals surface area (Å²) in [4.78, 5) is 36.8. The number of likely N-dealkylation sites (tertiary alicyclic amines) is 1. The van der Waals surface area contributed by atoms with Crippen molar-refractivity contribution in [3.8, 4) is 6.07 Å². The molecule has 2 aliphatic rings. The van der Waals surface area contributed by atoms with Gasteiger partial charge < -0.3 is 15.1 Å². The maximum Gasteiger partial charge on any atom is 0.417 e. The zero-order valence-electron chi connectivity index (χ0n) is 18.5. The van der Waals surface area contributed by atoms with Crippen LogP contribution in [-0.2, 0) is 11.0 Å². The van der Waals surface area contributed by atoms with Crippen LogP contribution in [0.4, 0.5) is 18.9 Å².